The van der Waals surface area contributed by atoms with Gasteiger partial charge < -0.3 is 10.1 Å². The molecule has 0 saturated carbocycles. The number of aromatic nitrogens is 2. The number of hydrogen-bond acceptors (Lipinski definition) is 5. The standard InChI is InChI=1S/C22H18F6N4O2S/c1-3-34-17-8-13(23)4-5-14(17)15-9-19(29-10-16(15)24)31-20-7-12(6-18(25)30-20)11-35(2)32-21(33)22(26,27)28/h4-10H,3,11H2,1-2H3,(H,29,30,31). The Balaban J connectivity index is 1.89. The van der Waals surface area contributed by atoms with Gasteiger partial charge in [-0.15, -0.1) is 0 Å². The zero-order chi connectivity index (χ0) is 25.8. The third kappa shape index (κ3) is 7.01. The van der Waals surface area contributed by atoms with E-state index in [1.165, 1.54) is 24.5 Å². The number of ether oxygens (including phenoxy) is 1. The molecule has 1 atom stereocenters. The minimum atomic E-state index is -5.09. The predicted molar refractivity (Wildman–Crippen MR) is 119 cm³/mol. The fourth-order valence-electron chi connectivity index (χ4n) is 3.00. The Morgan fingerprint density at radius 1 is 1.09 bits per heavy atom. The average molecular weight is 516 g/mol. The highest BCUT2D eigenvalue weighted by Crippen LogP contribution is 2.34. The third-order valence-corrected chi connectivity index (χ3v) is 5.58. The van der Waals surface area contributed by atoms with Crippen molar-refractivity contribution in [3.05, 3.63) is 65.7 Å². The summed E-state index contributed by atoms with van der Waals surface area (Å²) in [4.78, 5) is 18.6. The molecule has 0 spiro atoms. The van der Waals surface area contributed by atoms with Crippen LogP contribution in [0.15, 0.2) is 47.0 Å². The van der Waals surface area contributed by atoms with Crippen molar-refractivity contribution in [1.82, 2.24) is 9.97 Å². The largest absolute Gasteiger partial charge is 0.493 e. The summed E-state index contributed by atoms with van der Waals surface area (Å²) in [7, 11) is -1.38. The number of alkyl halides is 3. The van der Waals surface area contributed by atoms with Gasteiger partial charge in [0, 0.05) is 22.9 Å². The minimum absolute atomic E-state index is 0.0298. The van der Waals surface area contributed by atoms with Crippen molar-refractivity contribution in [2.24, 2.45) is 4.36 Å². The van der Waals surface area contributed by atoms with Gasteiger partial charge in [-0.2, -0.15) is 21.9 Å². The van der Waals surface area contributed by atoms with E-state index in [1.807, 2.05) is 0 Å². The summed E-state index contributed by atoms with van der Waals surface area (Å²) in [6.45, 7) is 1.90. The number of hydrogen-bond donors (Lipinski definition) is 1. The van der Waals surface area contributed by atoms with E-state index in [0.717, 1.165) is 24.4 Å². The summed E-state index contributed by atoms with van der Waals surface area (Å²) < 4.78 is 87.9. The molecule has 1 aromatic carbocycles. The van der Waals surface area contributed by atoms with Crippen LogP contribution in [0, 0.1) is 17.6 Å². The monoisotopic (exact) mass is 516 g/mol. The van der Waals surface area contributed by atoms with Crippen LogP contribution in [0.1, 0.15) is 12.5 Å². The van der Waals surface area contributed by atoms with Crippen molar-refractivity contribution in [2.45, 2.75) is 18.9 Å². The lowest BCUT2D eigenvalue weighted by Crippen LogP contribution is -2.21. The Morgan fingerprint density at radius 3 is 2.51 bits per heavy atom. The predicted octanol–water partition coefficient (Wildman–Crippen LogP) is 5.72. The summed E-state index contributed by atoms with van der Waals surface area (Å²) in [6, 6.07) is 7.23. The molecule has 1 N–H and O–H groups in total. The van der Waals surface area contributed by atoms with E-state index in [4.69, 9.17) is 4.74 Å². The maximum atomic E-state index is 14.5. The van der Waals surface area contributed by atoms with Gasteiger partial charge in [0.25, 0.3) is 0 Å². The van der Waals surface area contributed by atoms with Crippen LogP contribution in [0.4, 0.5) is 38.0 Å². The van der Waals surface area contributed by atoms with Crippen LogP contribution in [0.25, 0.3) is 11.1 Å². The molecule has 13 heteroatoms. The molecule has 0 aliphatic heterocycles. The van der Waals surface area contributed by atoms with Gasteiger partial charge in [-0.1, -0.05) is 10.7 Å². The maximum absolute atomic E-state index is 14.5. The number of pyridine rings is 2. The summed E-state index contributed by atoms with van der Waals surface area (Å²) in [5, 5.41) is 2.71. The average Bonchev–Trinajstić information content (AvgIpc) is 2.74. The fourth-order valence-corrected chi connectivity index (χ4v) is 4.10. The number of halogens is 6. The Bertz CT molecular complexity index is 1280. The Morgan fingerprint density at radius 2 is 1.83 bits per heavy atom. The lowest BCUT2D eigenvalue weighted by Gasteiger charge is -2.13. The van der Waals surface area contributed by atoms with Crippen molar-refractivity contribution in [1.29, 1.82) is 0 Å². The van der Waals surface area contributed by atoms with Gasteiger partial charge in [-0.05, 0) is 49.1 Å². The molecule has 1 unspecified atom stereocenters. The lowest BCUT2D eigenvalue weighted by molar-refractivity contribution is -0.169. The molecule has 1 amide bonds. The second-order valence-electron chi connectivity index (χ2n) is 7.07. The second-order valence-corrected chi connectivity index (χ2v) is 8.74. The van der Waals surface area contributed by atoms with Gasteiger partial charge >= 0.3 is 12.1 Å². The van der Waals surface area contributed by atoms with E-state index in [1.54, 1.807) is 6.92 Å². The van der Waals surface area contributed by atoms with Crippen LogP contribution in [-0.2, 0) is 21.2 Å². The van der Waals surface area contributed by atoms with E-state index in [2.05, 4.69) is 19.6 Å². The fraction of sp³-hybridized carbons (Fsp3) is 0.227. The van der Waals surface area contributed by atoms with E-state index in [0.29, 0.717) is 0 Å². The van der Waals surface area contributed by atoms with Gasteiger partial charge in [0.15, 0.2) is 0 Å². The number of anilines is 2. The van der Waals surface area contributed by atoms with Gasteiger partial charge in [0.05, 0.1) is 12.8 Å². The summed E-state index contributed by atoms with van der Waals surface area (Å²) >= 11 is 0. The molecular formula is C22H18F6N4O2S. The van der Waals surface area contributed by atoms with E-state index in [-0.39, 0.29) is 46.4 Å². The summed E-state index contributed by atoms with van der Waals surface area (Å²) in [6.07, 6.45) is -2.88. The number of carbonyl (C=O) groups is 1. The number of amides is 1. The Labute approximate surface area is 198 Å². The highest BCUT2D eigenvalue weighted by molar-refractivity contribution is 7.86. The molecule has 2 heterocycles. The molecule has 186 valence electrons. The van der Waals surface area contributed by atoms with Gasteiger partial charge in [-0.3, -0.25) is 4.79 Å². The maximum Gasteiger partial charge on any atom is 0.474 e. The van der Waals surface area contributed by atoms with Crippen LogP contribution in [0.3, 0.4) is 0 Å². The van der Waals surface area contributed by atoms with Crippen LogP contribution < -0.4 is 10.1 Å². The van der Waals surface area contributed by atoms with Gasteiger partial charge in [-0.25, -0.2) is 18.7 Å². The minimum Gasteiger partial charge on any atom is -0.493 e. The SMILES string of the molecule is CCOc1cc(F)ccc1-c1cc(Nc2cc(CS(C)=NC(=O)C(F)(F)F)cc(F)n2)ncc1F. The van der Waals surface area contributed by atoms with Crippen molar-refractivity contribution >= 4 is 28.2 Å². The van der Waals surface area contributed by atoms with Gasteiger partial charge in [0.1, 0.15) is 29.0 Å². The quantitative estimate of drug-likeness (QED) is 0.321. The number of carbonyl (C=O) groups excluding carboxylic acids is 1. The first kappa shape index (κ1) is 26.1. The van der Waals surface area contributed by atoms with Crippen molar-refractivity contribution < 1.29 is 35.9 Å². The number of benzene rings is 1. The highest BCUT2D eigenvalue weighted by Gasteiger charge is 2.38. The second kappa shape index (κ2) is 10.8. The Hall–Kier alpha value is -3.48. The van der Waals surface area contributed by atoms with Crippen LogP contribution in [0.2, 0.25) is 0 Å². The number of nitrogens with one attached hydrogen (secondary N) is 1. The van der Waals surface area contributed by atoms with Crippen molar-refractivity contribution in [3.8, 4) is 16.9 Å². The first-order valence-corrected chi connectivity index (χ1v) is 11.7. The first-order chi connectivity index (χ1) is 16.5. The Kier molecular flexibility index (Phi) is 8.10. The molecule has 0 fully saturated rings. The molecule has 6 nitrogen and oxygen atoms in total. The smallest absolute Gasteiger partial charge is 0.474 e. The molecule has 0 radical (unpaired) electrons. The molecular weight excluding hydrogens is 498 g/mol. The molecule has 0 bridgehead atoms. The van der Waals surface area contributed by atoms with Crippen LogP contribution in [0.5, 0.6) is 5.75 Å². The molecule has 0 aliphatic rings. The molecule has 2 aromatic heterocycles. The zero-order valence-corrected chi connectivity index (χ0v) is 19.1. The summed E-state index contributed by atoms with van der Waals surface area (Å²) in [5.41, 5.74) is 0.515. The van der Waals surface area contributed by atoms with E-state index in [9.17, 15) is 31.1 Å². The number of rotatable bonds is 7. The third-order valence-electron chi connectivity index (χ3n) is 4.36. The molecule has 3 aromatic rings. The van der Waals surface area contributed by atoms with Crippen LogP contribution >= 0.6 is 0 Å². The summed E-state index contributed by atoms with van der Waals surface area (Å²) in [5.74, 6) is -4.48. The molecule has 3 rings (SSSR count). The lowest BCUT2D eigenvalue weighted by atomic mass is 10.0. The zero-order valence-electron chi connectivity index (χ0n) is 18.3. The molecule has 35 heavy (non-hydrogen) atoms. The topological polar surface area (TPSA) is 76.5 Å². The van der Waals surface area contributed by atoms with Crippen molar-refractivity contribution in [3.63, 3.8) is 0 Å². The highest BCUT2D eigenvalue weighted by atomic mass is 32.2. The molecule has 0 saturated heterocycles. The van der Waals surface area contributed by atoms with Crippen molar-refractivity contribution in [2.75, 3.05) is 18.2 Å². The number of nitrogens with zero attached hydrogens (tertiary/aromatic N) is 3. The molecule has 0 aliphatic carbocycles. The normalized spacial score (nSPS) is 12.5. The van der Waals surface area contributed by atoms with E-state index < -0.39 is 40.4 Å². The first-order valence-electron chi connectivity index (χ1n) is 9.93. The van der Waals surface area contributed by atoms with E-state index >= 15 is 0 Å². The van der Waals surface area contributed by atoms with Crippen LogP contribution in [-0.4, -0.2) is 34.9 Å². The van der Waals surface area contributed by atoms with Gasteiger partial charge in [0.2, 0.25) is 5.95 Å².